The highest BCUT2D eigenvalue weighted by Crippen LogP contribution is 2.08. The molecule has 0 radical (unpaired) electrons. The number of carboxylic acid groups (broad SMARTS) is 1. The number of hydrogen-bond donors (Lipinski definition) is 3. The van der Waals surface area contributed by atoms with Crippen LogP contribution in [-0.2, 0) is 16.0 Å². The van der Waals surface area contributed by atoms with Crippen LogP contribution in [0.1, 0.15) is 30.5 Å². The number of aryl methyl sites for hydroxylation is 1. The summed E-state index contributed by atoms with van der Waals surface area (Å²) in [5, 5.41) is 16.2. The average molecular weight is 313 g/mol. The highest BCUT2D eigenvalue weighted by Gasteiger charge is 2.14. The molecule has 7 nitrogen and oxygen atoms in total. The van der Waals surface area contributed by atoms with E-state index in [2.05, 4.69) is 15.6 Å². The molecule has 1 heterocycles. The number of carboxylic acids is 1. The van der Waals surface area contributed by atoms with Crippen molar-refractivity contribution in [3.8, 4) is 0 Å². The smallest absolute Gasteiger partial charge is 0.321 e. The summed E-state index contributed by atoms with van der Waals surface area (Å²) in [5.41, 5.74) is 0.902. The Balaban J connectivity index is 2.20. The van der Waals surface area contributed by atoms with Crippen molar-refractivity contribution in [3.05, 3.63) is 16.1 Å². The van der Waals surface area contributed by atoms with Crippen LogP contribution in [0.25, 0.3) is 0 Å². The SMILES string of the molecule is Cc1nc(CCNC(=O)NC(=O)CC(C)CC(=O)O)cs1. The molecule has 0 aliphatic heterocycles. The average Bonchev–Trinajstić information content (AvgIpc) is 2.73. The van der Waals surface area contributed by atoms with Crippen molar-refractivity contribution < 1.29 is 19.5 Å². The number of carbonyl (C=O) groups is 3. The van der Waals surface area contributed by atoms with E-state index in [9.17, 15) is 14.4 Å². The molecule has 3 amide bonds. The van der Waals surface area contributed by atoms with Crippen LogP contribution < -0.4 is 10.6 Å². The van der Waals surface area contributed by atoms with Gasteiger partial charge in [-0.1, -0.05) is 6.92 Å². The monoisotopic (exact) mass is 313 g/mol. The molecule has 3 N–H and O–H groups in total. The summed E-state index contributed by atoms with van der Waals surface area (Å²) in [6, 6.07) is -0.575. The van der Waals surface area contributed by atoms with Crippen molar-refractivity contribution >= 4 is 29.2 Å². The Kier molecular flexibility index (Phi) is 6.80. The zero-order valence-electron chi connectivity index (χ0n) is 12.0. The largest absolute Gasteiger partial charge is 0.481 e. The van der Waals surface area contributed by atoms with E-state index < -0.39 is 17.9 Å². The van der Waals surface area contributed by atoms with Gasteiger partial charge in [-0.25, -0.2) is 9.78 Å². The summed E-state index contributed by atoms with van der Waals surface area (Å²) in [4.78, 5) is 37.7. The zero-order chi connectivity index (χ0) is 15.8. The van der Waals surface area contributed by atoms with Gasteiger partial charge in [0.1, 0.15) is 0 Å². The normalized spacial score (nSPS) is 11.7. The Morgan fingerprint density at radius 2 is 2.10 bits per heavy atom. The molecule has 8 heteroatoms. The number of amides is 3. The lowest BCUT2D eigenvalue weighted by Crippen LogP contribution is -2.40. The van der Waals surface area contributed by atoms with Crippen LogP contribution in [0.3, 0.4) is 0 Å². The molecular formula is C13H19N3O4S. The van der Waals surface area contributed by atoms with Gasteiger partial charge in [-0.05, 0) is 12.8 Å². The molecule has 0 aromatic carbocycles. The number of nitrogens with zero attached hydrogens (tertiary/aromatic N) is 1. The molecule has 21 heavy (non-hydrogen) atoms. The van der Waals surface area contributed by atoms with E-state index in [4.69, 9.17) is 5.11 Å². The van der Waals surface area contributed by atoms with Gasteiger partial charge >= 0.3 is 12.0 Å². The lowest BCUT2D eigenvalue weighted by atomic mass is 10.0. The third-order valence-electron chi connectivity index (χ3n) is 2.64. The van der Waals surface area contributed by atoms with Crippen LogP contribution >= 0.6 is 11.3 Å². The summed E-state index contributed by atoms with van der Waals surface area (Å²) < 4.78 is 0. The van der Waals surface area contributed by atoms with E-state index in [1.807, 2.05) is 12.3 Å². The molecule has 1 rings (SSSR count). The summed E-state index contributed by atoms with van der Waals surface area (Å²) in [7, 11) is 0. The molecule has 1 unspecified atom stereocenters. The van der Waals surface area contributed by atoms with Gasteiger partial charge in [0.15, 0.2) is 0 Å². The summed E-state index contributed by atoms with van der Waals surface area (Å²) >= 11 is 1.54. The summed E-state index contributed by atoms with van der Waals surface area (Å²) in [6.45, 7) is 3.94. The minimum atomic E-state index is -0.960. The van der Waals surface area contributed by atoms with Crippen LogP contribution in [0.4, 0.5) is 4.79 Å². The van der Waals surface area contributed by atoms with Gasteiger partial charge in [0.05, 0.1) is 10.7 Å². The van der Waals surface area contributed by atoms with Gasteiger partial charge in [0.25, 0.3) is 0 Å². The second-order valence-electron chi connectivity index (χ2n) is 4.82. The molecule has 1 atom stereocenters. The third kappa shape index (κ3) is 7.40. The second kappa shape index (κ2) is 8.35. The highest BCUT2D eigenvalue weighted by atomic mass is 32.1. The Bertz CT molecular complexity index is 515. The fraction of sp³-hybridized carbons (Fsp3) is 0.538. The first-order valence-corrected chi connectivity index (χ1v) is 7.45. The third-order valence-corrected chi connectivity index (χ3v) is 3.47. The summed E-state index contributed by atoms with van der Waals surface area (Å²) in [6.07, 6.45) is 0.505. The number of hydrogen-bond acceptors (Lipinski definition) is 5. The molecule has 0 saturated carbocycles. The maximum atomic E-state index is 11.5. The minimum Gasteiger partial charge on any atom is -0.481 e. The Labute approximate surface area is 126 Å². The molecule has 0 saturated heterocycles. The van der Waals surface area contributed by atoms with Crippen molar-refractivity contribution in [2.24, 2.45) is 5.92 Å². The standard InChI is InChI=1S/C13H19N3O4S/c1-8(6-12(18)19)5-11(17)16-13(20)14-4-3-10-7-21-9(2)15-10/h7-8H,3-6H2,1-2H3,(H,18,19)(H2,14,16,17,20). The topological polar surface area (TPSA) is 108 Å². The van der Waals surface area contributed by atoms with E-state index in [0.717, 1.165) is 10.7 Å². The summed E-state index contributed by atoms with van der Waals surface area (Å²) in [5.74, 6) is -1.75. The van der Waals surface area contributed by atoms with E-state index >= 15 is 0 Å². The van der Waals surface area contributed by atoms with Crippen molar-refractivity contribution in [1.82, 2.24) is 15.6 Å². The molecular weight excluding hydrogens is 294 g/mol. The van der Waals surface area contributed by atoms with Gasteiger partial charge < -0.3 is 10.4 Å². The predicted molar refractivity (Wildman–Crippen MR) is 78.1 cm³/mol. The van der Waals surface area contributed by atoms with Crippen molar-refractivity contribution in [1.29, 1.82) is 0 Å². The second-order valence-corrected chi connectivity index (χ2v) is 5.88. The van der Waals surface area contributed by atoms with Gasteiger partial charge in [-0.2, -0.15) is 0 Å². The molecule has 0 fully saturated rings. The number of imide groups is 1. The fourth-order valence-electron chi connectivity index (χ4n) is 1.74. The van der Waals surface area contributed by atoms with E-state index in [-0.39, 0.29) is 18.8 Å². The van der Waals surface area contributed by atoms with Crippen LogP contribution in [-0.4, -0.2) is 34.5 Å². The molecule has 0 aliphatic rings. The molecule has 1 aromatic rings. The Hall–Kier alpha value is -1.96. The molecule has 0 spiro atoms. The van der Waals surface area contributed by atoms with Gasteiger partial charge in [-0.15, -0.1) is 11.3 Å². The van der Waals surface area contributed by atoms with E-state index in [1.165, 1.54) is 0 Å². The van der Waals surface area contributed by atoms with Crippen molar-refractivity contribution in [3.63, 3.8) is 0 Å². The first-order chi connectivity index (χ1) is 9.86. The number of aromatic nitrogens is 1. The van der Waals surface area contributed by atoms with Crippen molar-refractivity contribution in [2.75, 3.05) is 6.54 Å². The van der Waals surface area contributed by atoms with E-state index in [0.29, 0.717) is 13.0 Å². The predicted octanol–water partition coefficient (Wildman–Crippen LogP) is 1.32. The molecule has 0 aliphatic carbocycles. The number of rotatable bonds is 7. The van der Waals surface area contributed by atoms with Crippen LogP contribution in [0.2, 0.25) is 0 Å². The van der Waals surface area contributed by atoms with Gasteiger partial charge in [0.2, 0.25) is 5.91 Å². The first-order valence-electron chi connectivity index (χ1n) is 6.57. The number of nitrogens with one attached hydrogen (secondary N) is 2. The fourth-order valence-corrected chi connectivity index (χ4v) is 2.38. The van der Waals surface area contributed by atoms with Crippen LogP contribution in [0.15, 0.2) is 5.38 Å². The number of carbonyl (C=O) groups excluding carboxylic acids is 2. The van der Waals surface area contributed by atoms with Gasteiger partial charge in [0, 0.05) is 31.2 Å². The maximum Gasteiger partial charge on any atom is 0.321 e. The lowest BCUT2D eigenvalue weighted by Gasteiger charge is -2.09. The molecule has 1 aromatic heterocycles. The number of urea groups is 1. The maximum absolute atomic E-state index is 11.5. The molecule has 116 valence electrons. The Morgan fingerprint density at radius 1 is 1.38 bits per heavy atom. The zero-order valence-corrected chi connectivity index (χ0v) is 12.8. The van der Waals surface area contributed by atoms with Crippen LogP contribution in [0.5, 0.6) is 0 Å². The quantitative estimate of drug-likeness (QED) is 0.703. The minimum absolute atomic E-state index is 0.00496. The van der Waals surface area contributed by atoms with E-state index in [1.54, 1.807) is 18.3 Å². The number of aliphatic carboxylic acids is 1. The van der Waals surface area contributed by atoms with Crippen LogP contribution in [0, 0.1) is 12.8 Å². The lowest BCUT2D eigenvalue weighted by molar-refractivity contribution is -0.138. The molecule has 0 bridgehead atoms. The van der Waals surface area contributed by atoms with Gasteiger partial charge in [-0.3, -0.25) is 14.9 Å². The van der Waals surface area contributed by atoms with Crippen molar-refractivity contribution in [2.45, 2.75) is 33.1 Å². The highest BCUT2D eigenvalue weighted by molar-refractivity contribution is 7.09. The first kappa shape index (κ1) is 17.1. The number of thiazole rings is 1. The Morgan fingerprint density at radius 3 is 2.67 bits per heavy atom.